The zero-order valence-electron chi connectivity index (χ0n) is 10.1. The van der Waals surface area contributed by atoms with Gasteiger partial charge in [-0.05, 0) is 38.1 Å². The van der Waals surface area contributed by atoms with E-state index in [0.717, 1.165) is 0 Å². The number of nitrogens with one attached hydrogen (secondary N) is 2. The van der Waals surface area contributed by atoms with Gasteiger partial charge in [-0.1, -0.05) is 16.8 Å². The van der Waals surface area contributed by atoms with Crippen molar-refractivity contribution in [2.45, 2.75) is 19.4 Å². The van der Waals surface area contributed by atoms with Crippen molar-refractivity contribution in [1.82, 2.24) is 5.32 Å². The maximum Gasteiger partial charge on any atom is 0.320 e. The van der Waals surface area contributed by atoms with Crippen LogP contribution in [0.1, 0.15) is 13.8 Å². The fourth-order valence-electron chi connectivity index (χ4n) is 1.17. The molecule has 0 aliphatic carbocycles. The number of halogens is 1. The first-order chi connectivity index (χ1) is 8.35. The second-order valence-electron chi connectivity index (χ2n) is 4.20. The molecule has 0 bridgehead atoms. The molecule has 0 radical (unpaired) electrons. The third-order valence-electron chi connectivity index (χ3n) is 2.28. The summed E-state index contributed by atoms with van der Waals surface area (Å²) in [5.41, 5.74) is 5.09. The summed E-state index contributed by atoms with van der Waals surface area (Å²) in [6.45, 7) is 3.23. The number of oxime groups is 1. The summed E-state index contributed by atoms with van der Waals surface area (Å²) in [5.74, 6) is -0.0891. The van der Waals surface area contributed by atoms with Crippen LogP contribution < -0.4 is 16.4 Å². The van der Waals surface area contributed by atoms with Gasteiger partial charge in [0.25, 0.3) is 0 Å². The van der Waals surface area contributed by atoms with Crippen LogP contribution in [0.5, 0.6) is 0 Å². The van der Waals surface area contributed by atoms with Crippen LogP contribution in [0.25, 0.3) is 0 Å². The highest BCUT2D eigenvalue weighted by molar-refractivity contribution is 6.30. The first kappa shape index (κ1) is 14.1. The van der Waals surface area contributed by atoms with E-state index in [-0.39, 0.29) is 5.84 Å². The molecule has 18 heavy (non-hydrogen) atoms. The van der Waals surface area contributed by atoms with Gasteiger partial charge in [-0.3, -0.25) is 0 Å². The van der Waals surface area contributed by atoms with Crippen LogP contribution >= 0.6 is 11.6 Å². The summed E-state index contributed by atoms with van der Waals surface area (Å²) in [6, 6.07) is 6.18. The quantitative estimate of drug-likeness (QED) is 0.292. The maximum atomic E-state index is 11.7. The number of carbonyl (C=O) groups is 1. The van der Waals surface area contributed by atoms with Gasteiger partial charge in [0.05, 0.1) is 5.54 Å². The van der Waals surface area contributed by atoms with Gasteiger partial charge in [0.2, 0.25) is 0 Å². The number of anilines is 1. The van der Waals surface area contributed by atoms with Crippen molar-refractivity contribution in [3.8, 4) is 0 Å². The molecule has 0 saturated heterocycles. The monoisotopic (exact) mass is 270 g/mol. The number of amides is 2. The number of hydrogen-bond donors (Lipinski definition) is 4. The number of hydrogen-bond acceptors (Lipinski definition) is 3. The number of urea groups is 1. The fraction of sp³-hybridized carbons (Fsp3) is 0.273. The molecule has 5 N–H and O–H groups in total. The molecule has 98 valence electrons. The summed E-state index contributed by atoms with van der Waals surface area (Å²) in [6.07, 6.45) is 0. The molecule has 1 rings (SSSR count). The first-order valence-corrected chi connectivity index (χ1v) is 5.55. The van der Waals surface area contributed by atoms with E-state index in [4.69, 9.17) is 22.5 Å². The molecule has 0 saturated carbocycles. The molecule has 0 unspecified atom stereocenters. The molecule has 0 fully saturated rings. The topological polar surface area (TPSA) is 99.7 Å². The molecule has 0 aliphatic heterocycles. The minimum Gasteiger partial charge on any atom is -0.409 e. The van der Waals surface area contributed by atoms with Gasteiger partial charge in [-0.15, -0.1) is 0 Å². The first-order valence-electron chi connectivity index (χ1n) is 5.18. The predicted octanol–water partition coefficient (Wildman–Crippen LogP) is 1.99. The van der Waals surface area contributed by atoms with E-state index in [0.29, 0.717) is 10.7 Å². The number of nitrogens with two attached hydrogens (primary N) is 1. The molecule has 1 aromatic carbocycles. The zero-order chi connectivity index (χ0) is 13.8. The Morgan fingerprint density at radius 1 is 1.39 bits per heavy atom. The van der Waals surface area contributed by atoms with E-state index in [1.54, 1.807) is 38.1 Å². The lowest BCUT2D eigenvalue weighted by atomic mass is 10.1. The summed E-state index contributed by atoms with van der Waals surface area (Å²) in [7, 11) is 0. The lowest BCUT2D eigenvalue weighted by Crippen LogP contribution is -2.54. The Balaban J connectivity index is 2.65. The van der Waals surface area contributed by atoms with Crippen LogP contribution in [-0.2, 0) is 0 Å². The van der Waals surface area contributed by atoms with Crippen molar-refractivity contribution < 1.29 is 10.0 Å². The van der Waals surface area contributed by atoms with Crippen molar-refractivity contribution in [1.29, 1.82) is 0 Å². The van der Waals surface area contributed by atoms with E-state index in [9.17, 15) is 4.79 Å². The molecule has 0 atom stereocenters. The van der Waals surface area contributed by atoms with Crippen LogP contribution in [0, 0.1) is 0 Å². The van der Waals surface area contributed by atoms with Crippen LogP contribution in [0.2, 0.25) is 5.02 Å². The molecule has 0 heterocycles. The van der Waals surface area contributed by atoms with Crippen molar-refractivity contribution in [3.05, 3.63) is 29.3 Å². The van der Waals surface area contributed by atoms with Crippen LogP contribution in [0.4, 0.5) is 10.5 Å². The Morgan fingerprint density at radius 2 is 1.94 bits per heavy atom. The zero-order valence-corrected chi connectivity index (χ0v) is 10.8. The van der Waals surface area contributed by atoms with Crippen LogP contribution in [-0.4, -0.2) is 22.6 Å². The SMILES string of the molecule is CC(C)(NC(=O)Nc1ccc(Cl)cc1)/C(N)=N/O. The fourth-order valence-corrected chi connectivity index (χ4v) is 1.29. The molecule has 0 aromatic heterocycles. The molecule has 0 spiro atoms. The standard InChI is InChI=1S/C11H15ClN4O2/c1-11(2,9(13)16-18)15-10(17)14-8-5-3-7(12)4-6-8/h3-6,18H,1-2H3,(H2,13,16)(H2,14,15,17). The summed E-state index contributed by atoms with van der Waals surface area (Å²) in [5, 5.41) is 17.2. The molecular weight excluding hydrogens is 256 g/mol. The summed E-state index contributed by atoms with van der Waals surface area (Å²) < 4.78 is 0. The van der Waals surface area contributed by atoms with Crippen molar-refractivity contribution >= 4 is 29.2 Å². The Morgan fingerprint density at radius 3 is 2.44 bits per heavy atom. The average Bonchev–Trinajstić information content (AvgIpc) is 2.30. The van der Waals surface area contributed by atoms with Gasteiger partial charge in [-0.25, -0.2) is 4.79 Å². The van der Waals surface area contributed by atoms with Gasteiger partial charge < -0.3 is 21.6 Å². The molecule has 0 aliphatic rings. The number of nitrogens with zero attached hydrogens (tertiary/aromatic N) is 1. The highest BCUT2D eigenvalue weighted by Crippen LogP contribution is 2.13. The van der Waals surface area contributed by atoms with E-state index < -0.39 is 11.6 Å². The number of amidine groups is 1. The smallest absolute Gasteiger partial charge is 0.320 e. The lowest BCUT2D eigenvalue weighted by molar-refractivity contribution is 0.246. The molecular formula is C11H15ClN4O2. The van der Waals surface area contributed by atoms with Crippen molar-refractivity contribution in [3.63, 3.8) is 0 Å². The highest BCUT2D eigenvalue weighted by atomic mass is 35.5. The van der Waals surface area contributed by atoms with Crippen molar-refractivity contribution in [2.75, 3.05) is 5.32 Å². The number of rotatable bonds is 3. The Kier molecular flexibility index (Phi) is 4.38. The van der Waals surface area contributed by atoms with E-state index in [2.05, 4.69) is 15.8 Å². The highest BCUT2D eigenvalue weighted by Gasteiger charge is 2.25. The average molecular weight is 271 g/mol. The van der Waals surface area contributed by atoms with E-state index >= 15 is 0 Å². The van der Waals surface area contributed by atoms with Gasteiger partial charge >= 0.3 is 6.03 Å². The maximum absolute atomic E-state index is 11.7. The number of benzene rings is 1. The van der Waals surface area contributed by atoms with E-state index in [1.165, 1.54) is 0 Å². The summed E-state index contributed by atoms with van der Waals surface area (Å²) >= 11 is 5.73. The number of carbonyl (C=O) groups excluding carboxylic acids is 1. The third-order valence-corrected chi connectivity index (χ3v) is 2.53. The normalized spacial score (nSPS) is 12.1. The van der Waals surface area contributed by atoms with Crippen LogP contribution in [0.3, 0.4) is 0 Å². The molecule has 2 amide bonds. The van der Waals surface area contributed by atoms with Crippen molar-refractivity contribution in [2.24, 2.45) is 10.9 Å². The van der Waals surface area contributed by atoms with Gasteiger partial charge in [0.15, 0.2) is 5.84 Å². The molecule has 1 aromatic rings. The predicted molar refractivity (Wildman–Crippen MR) is 71.1 cm³/mol. The summed E-state index contributed by atoms with van der Waals surface area (Å²) in [4.78, 5) is 11.7. The molecule has 6 nitrogen and oxygen atoms in total. The minimum absolute atomic E-state index is 0.0891. The Bertz CT molecular complexity index is 457. The molecule has 7 heteroatoms. The lowest BCUT2D eigenvalue weighted by Gasteiger charge is -2.24. The van der Waals surface area contributed by atoms with E-state index in [1.807, 2.05) is 0 Å². The third kappa shape index (κ3) is 3.81. The van der Waals surface area contributed by atoms with Gasteiger partial charge in [-0.2, -0.15) is 0 Å². The Hall–Kier alpha value is -1.95. The second-order valence-corrected chi connectivity index (χ2v) is 4.63. The second kappa shape index (κ2) is 5.59. The Labute approximate surface area is 110 Å². The minimum atomic E-state index is -0.953. The van der Waals surface area contributed by atoms with Gasteiger partial charge in [0.1, 0.15) is 0 Å². The van der Waals surface area contributed by atoms with Crippen LogP contribution in [0.15, 0.2) is 29.4 Å². The largest absolute Gasteiger partial charge is 0.409 e. The van der Waals surface area contributed by atoms with Gasteiger partial charge in [0, 0.05) is 10.7 Å².